The van der Waals surface area contributed by atoms with Crippen molar-refractivity contribution >= 4 is 17.9 Å². The molecular weight excluding hydrogens is 833 g/mol. The Hall–Kier alpha value is -6.73. The maximum Gasteiger partial charge on any atom is 0.340 e. The van der Waals surface area contributed by atoms with E-state index in [0.717, 1.165) is 24.0 Å². The highest BCUT2D eigenvalue weighted by atomic mass is 16.6. The Labute approximate surface area is 397 Å². The van der Waals surface area contributed by atoms with Gasteiger partial charge in [-0.05, 0) is 144 Å². The van der Waals surface area contributed by atoms with Crippen LogP contribution in [0.25, 0.3) is 0 Å². The van der Waals surface area contributed by atoms with Crippen LogP contribution in [0.4, 0.5) is 0 Å². The van der Waals surface area contributed by atoms with Gasteiger partial charge in [0.05, 0.1) is 5.56 Å². The van der Waals surface area contributed by atoms with Crippen LogP contribution in [0.3, 0.4) is 0 Å². The molecule has 3 aromatic carbocycles. The summed E-state index contributed by atoms with van der Waals surface area (Å²) in [6.45, 7) is 21.5. The van der Waals surface area contributed by atoms with Gasteiger partial charge in [-0.3, -0.25) is 0 Å². The van der Waals surface area contributed by atoms with Gasteiger partial charge in [0, 0.05) is 41.0 Å². The smallest absolute Gasteiger partial charge is 0.340 e. The molecule has 0 amide bonds. The van der Waals surface area contributed by atoms with E-state index in [1.807, 2.05) is 62.4 Å². The molecule has 0 bridgehead atoms. The second-order valence-corrected chi connectivity index (χ2v) is 19.7. The number of rotatable bonds is 12. The van der Waals surface area contributed by atoms with Crippen LogP contribution in [0.15, 0.2) is 178 Å². The molecule has 0 aromatic heterocycles. The van der Waals surface area contributed by atoms with Crippen molar-refractivity contribution in [3.8, 4) is 23.0 Å². The van der Waals surface area contributed by atoms with Crippen LogP contribution in [-0.4, -0.2) is 17.9 Å². The Balaban J connectivity index is 1.06. The Morgan fingerprint density at radius 2 is 1.06 bits per heavy atom. The summed E-state index contributed by atoms with van der Waals surface area (Å²) in [6, 6.07) is 17.3. The number of carbonyl (C=O) groups is 3. The first-order valence-electron chi connectivity index (χ1n) is 23.4. The number of allylic oxidation sites excluding steroid dienone is 18. The molecule has 67 heavy (non-hydrogen) atoms. The first kappa shape index (κ1) is 48.2. The van der Waals surface area contributed by atoms with E-state index in [1.54, 1.807) is 48.5 Å². The van der Waals surface area contributed by atoms with Gasteiger partial charge in [-0.2, -0.15) is 0 Å². The van der Waals surface area contributed by atoms with E-state index in [-0.39, 0.29) is 22.3 Å². The second-order valence-electron chi connectivity index (χ2n) is 19.7. The fourth-order valence-electron chi connectivity index (χ4n) is 9.79. The summed E-state index contributed by atoms with van der Waals surface area (Å²) in [4.78, 5) is 39.8. The molecule has 0 fully saturated rings. The standard InChI is InChI=1S/C60H64O7/c1-39(25-29-48-43(5)21-15-33-58(48,7)8)17-13-19-41(3)35-55(61)64-45-27-31-51-53(37-45)66-54-38-46(28-32-52(54)60(51)50-24-12-11-23-47(50)57(63)67-60)65-56(62)36-42(4)20-14-18-40(2)26-30-49-44(6)22-16-34-59(49,9)10/h11-14,17-20,23-32,35-38H,15-16,21-22,33-34H2,1-10H3/b19-13+,20-14+,29-25+,30-26+,39-17+,40-18+,41-35+,42-36+. The van der Waals surface area contributed by atoms with Crippen LogP contribution >= 0.6 is 0 Å². The van der Waals surface area contributed by atoms with Crippen molar-refractivity contribution in [2.45, 2.75) is 113 Å². The first-order chi connectivity index (χ1) is 31.9. The molecule has 346 valence electrons. The van der Waals surface area contributed by atoms with Crippen molar-refractivity contribution in [1.82, 2.24) is 0 Å². The third-order valence-corrected chi connectivity index (χ3v) is 13.3. The van der Waals surface area contributed by atoms with Gasteiger partial charge in [0.1, 0.15) is 23.0 Å². The van der Waals surface area contributed by atoms with Gasteiger partial charge in [-0.15, -0.1) is 0 Å². The predicted octanol–water partition coefficient (Wildman–Crippen LogP) is 15.1. The van der Waals surface area contributed by atoms with Crippen molar-refractivity contribution in [2.24, 2.45) is 10.8 Å². The van der Waals surface area contributed by atoms with Crippen LogP contribution in [0.1, 0.15) is 135 Å². The molecule has 1 spiro atoms. The summed E-state index contributed by atoms with van der Waals surface area (Å²) < 4.78 is 24.3. The monoisotopic (exact) mass is 896 g/mol. The highest BCUT2D eigenvalue weighted by Crippen LogP contribution is 2.57. The van der Waals surface area contributed by atoms with Crippen LogP contribution in [-0.2, 0) is 19.9 Å². The topological polar surface area (TPSA) is 88.1 Å². The van der Waals surface area contributed by atoms with Crippen molar-refractivity contribution in [2.75, 3.05) is 0 Å². The largest absolute Gasteiger partial charge is 0.456 e. The molecule has 2 aliphatic carbocycles. The lowest BCUT2D eigenvalue weighted by Gasteiger charge is -2.36. The molecule has 0 atom stereocenters. The zero-order valence-corrected chi connectivity index (χ0v) is 40.8. The van der Waals surface area contributed by atoms with E-state index < -0.39 is 23.5 Å². The Kier molecular flexibility index (Phi) is 14.4. The minimum absolute atomic E-state index is 0.176. The number of hydrogen-bond acceptors (Lipinski definition) is 7. The molecule has 0 unspecified atom stereocenters. The maximum atomic E-state index is 13.4. The van der Waals surface area contributed by atoms with Crippen molar-refractivity contribution in [3.63, 3.8) is 0 Å². The molecule has 3 aromatic rings. The molecule has 7 heteroatoms. The second kappa shape index (κ2) is 20.0. The number of fused-ring (bicyclic) bond motifs is 6. The summed E-state index contributed by atoms with van der Waals surface area (Å²) in [7, 11) is 0. The Morgan fingerprint density at radius 3 is 1.52 bits per heavy atom. The highest BCUT2D eigenvalue weighted by Gasteiger charge is 2.53. The van der Waals surface area contributed by atoms with Gasteiger partial charge in [-0.1, -0.05) is 129 Å². The van der Waals surface area contributed by atoms with Gasteiger partial charge in [0.15, 0.2) is 5.60 Å². The lowest BCUT2D eigenvalue weighted by molar-refractivity contribution is -0.129. The summed E-state index contributed by atoms with van der Waals surface area (Å²) in [6.07, 6.45) is 30.4. The van der Waals surface area contributed by atoms with Gasteiger partial charge in [-0.25, -0.2) is 14.4 Å². The van der Waals surface area contributed by atoms with E-state index >= 15 is 0 Å². The molecule has 0 radical (unpaired) electrons. The minimum atomic E-state index is -1.36. The third-order valence-electron chi connectivity index (χ3n) is 13.3. The van der Waals surface area contributed by atoms with Crippen LogP contribution < -0.4 is 14.2 Å². The first-order valence-corrected chi connectivity index (χ1v) is 23.4. The molecule has 7 nitrogen and oxygen atoms in total. The van der Waals surface area contributed by atoms with Gasteiger partial charge in [0.25, 0.3) is 0 Å². The molecular formula is C60H64O7. The fourth-order valence-corrected chi connectivity index (χ4v) is 9.79. The van der Waals surface area contributed by atoms with E-state index in [4.69, 9.17) is 18.9 Å². The number of esters is 3. The lowest BCUT2D eigenvalue weighted by atomic mass is 9.72. The average molecular weight is 897 g/mol. The van der Waals surface area contributed by atoms with Crippen LogP contribution in [0.2, 0.25) is 0 Å². The summed E-state index contributed by atoms with van der Waals surface area (Å²) in [5.74, 6) is -0.493. The Morgan fingerprint density at radius 1 is 0.597 bits per heavy atom. The zero-order chi connectivity index (χ0) is 48.1. The molecule has 4 aliphatic rings. The summed E-state index contributed by atoms with van der Waals surface area (Å²) in [5.41, 5.74) is 10.6. The van der Waals surface area contributed by atoms with Crippen molar-refractivity contribution < 1.29 is 33.3 Å². The van der Waals surface area contributed by atoms with Gasteiger partial charge < -0.3 is 18.9 Å². The molecule has 7 rings (SSSR count). The molecule has 2 heterocycles. The van der Waals surface area contributed by atoms with Gasteiger partial charge in [0.2, 0.25) is 0 Å². The molecule has 0 saturated heterocycles. The minimum Gasteiger partial charge on any atom is -0.456 e. The number of carbonyl (C=O) groups excluding carboxylic acids is 3. The maximum absolute atomic E-state index is 13.4. The van der Waals surface area contributed by atoms with Crippen LogP contribution in [0, 0.1) is 10.8 Å². The quantitative estimate of drug-likeness (QED) is 0.0774. The molecule has 2 aliphatic heterocycles. The number of benzene rings is 3. The predicted molar refractivity (Wildman–Crippen MR) is 268 cm³/mol. The normalized spacial score (nSPS) is 20.7. The van der Waals surface area contributed by atoms with E-state index in [0.29, 0.717) is 44.9 Å². The van der Waals surface area contributed by atoms with E-state index in [9.17, 15) is 14.4 Å². The number of ether oxygens (including phenoxy) is 4. The number of hydrogen-bond donors (Lipinski definition) is 0. The van der Waals surface area contributed by atoms with Gasteiger partial charge >= 0.3 is 17.9 Å². The third kappa shape index (κ3) is 10.9. The highest BCUT2D eigenvalue weighted by molar-refractivity contribution is 5.97. The lowest BCUT2D eigenvalue weighted by Crippen LogP contribution is -2.33. The molecule has 0 N–H and O–H groups in total. The average Bonchev–Trinajstić information content (AvgIpc) is 3.54. The van der Waals surface area contributed by atoms with E-state index in [1.165, 1.54) is 60.1 Å². The zero-order valence-electron chi connectivity index (χ0n) is 40.8. The Bertz CT molecular complexity index is 2640. The summed E-state index contributed by atoms with van der Waals surface area (Å²) >= 11 is 0. The van der Waals surface area contributed by atoms with Crippen molar-refractivity contribution in [3.05, 3.63) is 200 Å². The summed E-state index contributed by atoms with van der Waals surface area (Å²) in [5, 5.41) is 0. The van der Waals surface area contributed by atoms with E-state index in [2.05, 4.69) is 79.7 Å². The fraction of sp³-hybridized carbons (Fsp3) is 0.317. The molecule has 0 saturated carbocycles. The van der Waals surface area contributed by atoms with Crippen molar-refractivity contribution in [1.29, 1.82) is 0 Å². The van der Waals surface area contributed by atoms with Crippen LogP contribution in [0.5, 0.6) is 23.0 Å². The SMILES string of the molecule is CC1=C(/C=C/C(C)=C/C=C/C(C)=C/C(=O)Oc2ccc3c(c2)Oc2cc(OC(=O)/C=C(C)/C=C/C=C(C)/C=C/C4=C(C)CCCC4(C)C)ccc2C32OC(=O)c3ccccc32)C(C)(C)CCC1.